The van der Waals surface area contributed by atoms with E-state index in [0.29, 0.717) is 10.5 Å². The Morgan fingerprint density at radius 1 is 1.56 bits per heavy atom. The molecule has 0 aromatic carbocycles. The molecule has 1 nitrogen and oxygen atoms in total. The van der Waals surface area contributed by atoms with Crippen LogP contribution in [0, 0.1) is 0 Å². The van der Waals surface area contributed by atoms with Crippen molar-refractivity contribution in [3.8, 4) is 0 Å². The van der Waals surface area contributed by atoms with Crippen molar-refractivity contribution in [2.24, 2.45) is 0 Å². The van der Waals surface area contributed by atoms with Crippen LogP contribution in [0.15, 0.2) is 0 Å². The van der Waals surface area contributed by atoms with E-state index in [0.717, 1.165) is 11.9 Å². The molecule has 0 rings (SSSR count). The quantitative estimate of drug-likeness (QED) is 0.557. The molecular weight excluding hydrogens is 132 g/mol. The summed E-state index contributed by atoms with van der Waals surface area (Å²) in [6, 6.07) is 0. The van der Waals surface area contributed by atoms with E-state index in [-0.39, 0.29) is 0 Å². The van der Waals surface area contributed by atoms with Crippen molar-refractivity contribution >= 4 is 16.0 Å². The van der Waals surface area contributed by atoms with Gasteiger partial charge in [-0.05, 0) is 18.4 Å². The van der Waals surface area contributed by atoms with Crippen LogP contribution in [-0.4, -0.2) is 23.7 Å². The van der Waals surface area contributed by atoms with Crippen LogP contribution >= 0.6 is 10.5 Å². The molecule has 0 saturated heterocycles. The molecule has 2 heteroatoms. The van der Waals surface area contributed by atoms with Gasteiger partial charge in [0.15, 0.2) is 0 Å². The van der Waals surface area contributed by atoms with Crippen LogP contribution in [0.25, 0.3) is 0 Å². The molecule has 0 aliphatic carbocycles. The second kappa shape index (κ2) is 5.00. The summed E-state index contributed by atoms with van der Waals surface area (Å²) in [4.78, 5) is 0. The first kappa shape index (κ1) is 9.18. The molecule has 0 aliphatic heterocycles. The van der Waals surface area contributed by atoms with Gasteiger partial charge in [-0.3, -0.25) is 0 Å². The molecule has 0 spiro atoms. The molecule has 1 atom stereocenters. The summed E-state index contributed by atoms with van der Waals surface area (Å²) in [5.41, 5.74) is 1.95. The molecule has 0 aromatic rings. The van der Waals surface area contributed by atoms with Gasteiger partial charge in [-0.2, -0.15) is 10.5 Å². The largest absolute Gasteiger partial charge is 0.348 e. The highest BCUT2D eigenvalue weighted by Gasteiger charge is 1.91. The molecule has 0 saturated carbocycles. The highest BCUT2D eigenvalue weighted by Crippen LogP contribution is 2.12. The predicted molar refractivity (Wildman–Crippen MR) is 46.3 cm³/mol. The van der Waals surface area contributed by atoms with E-state index in [1.807, 2.05) is 12.5 Å². The molecule has 0 bridgehead atoms. The van der Waals surface area contributed by atoms with E-state index in [9.17, 15) is 0 Å². The summed E-state index contributed by atoms with van der Waals surface area (Å²) in [7, 11) is 0.331. The van der Waals surface area contributed by atoms with E-state index in [2.05, 4.69) is 20.1 Å². The van der Waals surface area contributed by atoms with Crippen molar-refractivity contribution in [1.29, 1.82) is 0 Å². The Morgan fingerprint density at radius 2 is 2.11 bits per heavy atom. The number of rotatable bonds is 3. The average molecular weight is 148 g/mol. The lowest BCUT2D eigenvalue weighted by Crippen LogP contribution is -1.93. The van der Waals surface area contributed by atoms with Gasteiger partial charge in [0.25, 0.3) is 0 Å². The first-order valence-electron chi connectivity index (χ1n) is 3.27. The average Bonchev–Trinajstić information content (AvgIpc) is 1.82. The number of ether oxygens (including phenoxy) is 1. The Bertz CT molecular complexity index is 97.1. The van der Waals surface area contributed by atoms with Gasteiger partial charge in [0.1, 0.15) is 0 Å². The maximum Gasteiger partial charge on any atom is 0.0625 e. The summed E-state index contributed by atoms with van der Waals surface area (Å²) in [6.45, 7) is 7.22. The van der Waals surface area contributed by atoms with Gasteiger partial charge >= 0.3 is 0 Å². The van der Waals surface area contributed by atoms with Gasteiger partial charge in [-0.25, -0.2) is 0 Å². The molecular formula is C7H16OS. The normalized spacial score (nSPS) is 14.8. The van der Waals surface area contributed by atoms with Gasteiger partial charge in [0, 0.05) is 0 Å². The lowest BCUT2D eigenvalue weighted by atomic mass is 10.6. The fourth-order valence-electron chi connectivity index (χ4n) is 0.286. The molecule has 1 unspecified atom stereocenters. The lowest BCUT2D eigenvalue weighted by Gasteiger charge is -2.05. The smallest absolute Gasteiger partial charge is 0.0625 e. The number of hydrogen-bond donors (Lipinski definition) is 0. The van der Waals surface area contributed by atoms with Crippen LogP contribution in [0.4, 0.5) is 0 Å². The van der Waals surface area contributed by atoms with Crippen molar-refractivity contribution < 1.29 is 4.74 Å². The highest BCUT2D eigenvalue weighted by atomic mass is 32.2. The van der Waals surface area contributed by atoms with Crippen LogP contribution in [0.1, 0.15) is 20.8 Å². The van der Waals surface area contributed by atoms with Crippen molar-refractivity contribution in [3.05, 3.63) is 0 Å². The number of hydrogen-bond acceptors (Lipinski definition) is 1. The van der Waals surface area contributed by atoms with Crippen LogP contribution in [0.5, 0.6) is 0 Å². The van der Waals surface area contributed by atoms with Crippen LogP contribution in [-0.2, 0) is 4.74 Å². The monoisotopic (exact) mass is 148 g/mol. The minimum absolute atomic E-state index is 0.331. The molecule has 0 radical (unpaired) electrons. The van der Waals surface area contributed by atoms with Crippen molar-refractivity contribution in [2.75, 3.05) is 12.9 Å². The third-order valence-corrected chi connectivity index (χ3v) is 3.06. The first-order chi connectivity index (χ1) is 4.18. The highest BCUT2D eigenvalue weighted by molar-refractivity contribution is 8.14. The van der Waals surface area contributed by atoms with Crippen LogP contribution < -0.4 is 0 Å². The fourth-order valence-corrected chi connectivity index (χ4v) is 0.859. The topological polar surface area (TPSA) is 9.23 Å². The van der Waals surface area contributed by atoms with Gasteiger partial charge in [-0.1, -0.05) is 13.8 Å². The van der Waals surface area contributed by atoms with E-state index in [4.69, 9.17) is 4.74 Å². The van der Waals surface area contributed by atoms with Gasteiger partial charge in [0.05, 0.1) is 12.2 Å². The molecule has 56 valence electrons. The zero-order chi connectivity index (χ0) is 7.28. The van der Waals surface area contributed by atoms with Crippen molar-refractivity contribution in [2.45, 2.75) is 26.0 Å². The maximum absolute atomic E-state index is 5.14. The van der Waals surface area contributed by atoms with Gasteiger partial charge in [-0.15, -0.1) is 0 Å². The third-order valence-electron chi connectivity index (χ3n) is 1.13. The summed E-state index contributed by atoms with van der Waals surface area (Å²) >= 11 is 0. The second-order valence-electron chi connectivity index (χ2n) is 2.21. The van der Waals surface area contributed by atoms with Crippen molar-refractivity contribution in [1.82, 2.24) is 0 Å². The standard InChI is InChI=1S/C7H16OS/c1-5-8-6-9(4)7(2)3/h6-7H,5H2,1-4H3. The predicted octanol–water partition coefficient (Wildman–Crippen LogP) is 2.09. The maximum atomic E-state index is 5.14. The van der Waals surface area contributed by atoms with E-state index in [1.54, 1.807) is 0 Å². The summed E-state index contributed by atoms with van der Waals surface area (Å²) in [5.74, 6) is 0. The van der Waals surface area contributed by atoms with Crippen LogP contribution in [0.2, 0.25) is 0 Å². The SMILES string of the molecule is CCOC=S(C)C(C)C. The summed E-state index contributed by atoms with van der Waals surface area (Å²) in [6.07, 6.45) is 2.19. The molecule has 0 amide bonds. The molecule has 0 aliphatic rings. The molecule has 9 heavy (non-hydrogen) atoms. The Balaban J connectivity index is 3.55. The molecule has 0 aromatic heterocycles. The Hall–Kier alpha value is 0.180. The second-order valence-corrected chi connectivity index (χ2v) is 4.56. The third kappa shape index (κ3) is 4.67. The van der Waals surface area contributed by atoms with Crippen molar-refractivity contribution in [3.63, 3.8) is 0 Å². The Kier molecular flexibility index (Phi) is 5.10. The Labute approximate surface area is 60.3 Å². The molecule has 0 heterocycles. The zero-order valence-corrected chi connectivity index (χ0v) is 7.49. The fraction of sp³-hybridized carbons (Fsp3) is 0.857. The van der Waals surface area contributed by atoms with Gasteiger partial charge < -0.3 is 4.74 Å². The molecule has 0 fully saturated rings. The Morgan fingerprint density at radius 3 is 2.44 bits per heavy atom. The first-order valence-corrected chi connectivity index (χ1v) is 5.03. The minimum atomic E-state index is 0.331. The van der Waals surface area contributed by atoms with Gasteiger partial charge in [0.2, 0.25) is 0 Å². The summed E-state index contributed by atoms with van der Waals surface area (Å²) < 4.78 is 5.14. The minimum Gasteiger partial charge on any atom is -0.348 e. The van der Waals surface area contributed by atoms with E-state index >= 15 is 0 Å². The lowest BCUT2D eigenvalue weighted by molar-refractivity contribution is 0.351. The van der Waals surface area contributed by atoms with E-state index in [1.165, 1.54) is 0 Å². The molecule has 0 N–H and O–H groups in total. The zero-order valence-electron chi connectivity index (χ0n) is 6.68. The van der Waals surface area contributed by atoms with E-state index < -0.39 is 0 Å². The summed E-state index contributed by atoms with van der Waals surface area (Å²) in [5, 5.41) is 0.719. The van der Waals surface area contributed by atoms with Crippen LogP contribution in [0.3, 0.4) is 0 Å².